The number of amides is 1. The van der Waals surface area contributed by atoms with Gasteiger partial charge in [-0.15, -0.1) is 0 Å². The number of hydrogen-bond donors (Lipinski definition) is 0. The van der Waals surface area contributed by atoms with Crippen LogP contribution in [0, 0.1) is 11.5 Å². The minimum Gasteiger partial charge on any atom is -0.452 e. The van der Waals surface area contributed by atoms with Gasteiger partial charge in [0.05, 0.1) is 7.11 Å². The largest absolute Gasteiger partial charge is 0.452 e. The first kappa shape index (κ1) is 6.76. The number of rotatable bonds is 0. The lowest BCUT2D eigenvalue weighted by Gasteiger charge is -2.01. The van der Waals surface area contributed by atoms with Crippen molar-refractivity contribution in [2.45, 2.75) is 0 Å². The number of methoxy groups -OCH3 is 1. The van der Waals surface area contributed by atoms with Crippen LogP contribution in [0.25, 0.3) is 0 Å². The van der Waals surface area contributed by atoms with Gasteiger partial charge in [-0.3, -0.25) is 0 Å². The summed E-state index contributed by atoms with van der Waals surface area (Å²) in [5.74, 6) is 0. The summed E-state index contributed by atoms with van der Waals surface area (Å²) in [6.45, 7) is 0. The maximum absolute atomic E-state index is 10.2. The second kappa shape index (κ2) is 2.86. The molecule has 0 heterocycles. The molecule has 0 aromatic rings. The summed E-state index contributed by atoms with van der Waals surface area (Å²) >= 11 is 0. The highest BCUT2D eigenvalue weighted by Gasteiger charge is 2.03. The van der Waals surface area contributed by atoms with E-state index in [0.717, 1.165) is 4.90 Å². The monoisotopic (exact) mass is 114 g/mol. The lowest BCUT2D eigenvalue weighted by Crippen LogP contribution is -2.20. The van der Waals surface area contributed by atoms with Crippen molar-refractivity contribution in [3.63, 3.8) is 0 Å². The van der Waals surface area contributed by atoms with Gasteiger partial charge in [-0.05, 0) is 0 Å². The van der Waals surface area contributed by atoms with E-state index >= 15 is 0 Å². The van der Waals surface area contributed by atoms with E-state index in [9.17, 15) is 4.79 Å². The van der Waals surface area contributed by atoms with Crippen molar-refractivity contribution in [3.05, 3.63) is 0 Å². The van der Waals surface area contributed by atoms with Crippen LogP contribution in [0.15, 0.2) is 0 Å². The average molecular weight is 114 g/mol. The zero-order valence-corrected chi connectivity index (χ0v) is 4.71. The Kier molecular flexibility index (Phi) is 2.41. The minimum absolute atomic E-state index is 0.646. The van der Waals surface area contributed by atoms with Gasteiger partial charge in [0.2, 0.25) is 0 Å². The SMILES string of the molecule is COC(=O)N(C)C#N. The molecule has 8 heavy (non-hydrogen) atoms. The van der Waals surface area contributed by atoms with Crippen molar-refractivity contribution >= 4 is 6.09 Å². The molecule has 4 nitrogen and oxygen atoms in total. The molecule has 0 aliphatic heterocycles. The number of ether oxygens (including phenoxy) is 1. The second-order valence-corrected chi connectivity index (χ2v) is 1.13. The van der Waals surface area contributed by atoms with Gasteiger partial charge in [0.25, 0.3) is 0 Å². The molecule has 0 unspecified atom stereocenters. The van der Waals surface area contributed by atoms with Gasteiger partial charge in [-0.2, -0.15) is 5.26 Å². The minimum atomic E-state index is -0.646. The van der Waals surface area contributed by atoms with E-state index in [4.69, 9.17) is 5.26 Å². The molecular weight excluding hydrogens is 108 g/mol. The fourth-order valence-electron chi connectivity index (χ4n) is 0.178. The lowest BCUT2D eigenvalue weighted by molar-refractivity contribution is 0.149. The maximum Gasteiger partial charge on any atom is 0.422 e. The number of hydrogen-bond acceptors (Lipinski definition) is 3. The number of nitriles is 1. The zero-order valence-electron chi connectivity index (χ0n) is 4.71. The molecule has 0 bridgehead atoms. The van der Waals surface area contributed by atoms with Crippen LogP contribution >= 0.6 is 0 Å². The predicted molar refractivity (Wildman–Crippen MR) is 25.8 cm³/mol. The Bertz CT molecular complexity index is 126. The molecule has 0 N–H and O–H groups in total. The van der Waals surface area contributed by atoms with Crippen LogP contribution in [0.1, 0.15) is 0 Å². The van der Waals surface area contributed by atoms with Gasteiger partial charge in [0, 0.05) is 7.05 Å². The van der Waals surface area contributed by atoms with Crippen LogP contribution in [0.5, 0.6) is 0 Å². The molecule has 0 aliphatic rings. The summed E-state index contributed by atoms with van der Waals surface area (Å²) in [5.41, 5.74) is 0. The quantitative estimate of drug-likeness (QED) is 0.333. The Balaban J connectivity index is 3.68. The van der Waals surface area contributed by atoms with E-state index in [0.29, 0.717) is 0 Å². The van der Waals surface area contributed by atoms with E-state index in [1.165, 1.54) is 14.2 Å². The van der Waals surface area contributed by atoms with Crippen LogP contribution in [0.3, 0.4) is 0 Å². The van der Waals surface area contributed by atoms with E-state index in [2.05, 4.69) is 4.74 Å². The molecule has 0 saturated heterocycles. The van der Waals surface area contributed by atoms with Crippen LogP contribution in [-0.2, 0) is 4.74 Å². The van der Waals surface area contributed by atoms with E-state index in [-0.39, 0.29) is 0 Å². The zero-order chi connectivity index (χ0) is 6.57. The Morgan fingerprint density at radius 3 is 2.50 bits per heavy atom. The van der Waals surface area contributed by atoms with Gasteiger partial charge in [0.15, 0.2) is 6.19 Å². The number of carbonyl (C=O) groups excluding carboxylic acids is 1. The molecule has 0 saturated carbocycles. The van der Waals surface area contributed by atoms with Crippen molar-refractivity contribution in [1.82, 2.24) is 4.90 Å². The summed E-state index contributed by atoms with van der Waals surface area (Å²) in [4.78, 5) is 11.0. The van der Waals surface area contributed by atoms with Gasteiger partial charge in [0.1, 0.15) is 0 Å². The predicted octanol–water partition coefficient (Wildman–Crippen LogP) is 0.166. The van der Waals surface area contributed by atoms with Crippen molar-refractivity contribution in [2.24, 2.45) is 0 Å². The maximum atomic E-state index is 10.2. The fourth-order valence-corrected chi connectivity index (χ4v) is 0.178. The van der Waals surface area contributed by atoms with Gasteiger partial charge in [-0.25, -0.2) is 9.69 Å². The molecule has 0 radical (unpaired) electrons. The topological polar surface area (TPSA) is 53.3 Å². The van der Waals surface area contributed by atoms with E-state index < -0.39 is 6.09 Å². The summed E-state index contributed by atoms with van der Waals surface area (Å²) < 4.78 is 4.17. The molecule has 0 aliphatic carbocycles. The van der Waals surface area contributed by atoms with Crippen molar-refractivity contribution in [1.29, 1.82) is 5.26 Å². The summed E-state index contributed by atoms with van der Waals surface area (Å²) in [7, 11) is 2.54. The highest BCUT2D eigenvalue weighted by molar-refractivity contribution is 5.68. The first-order valence-corrected chi connectivity index (χ1v) is 1.93. The van der Waals surface area contributed by atoms with Gasteiger partial charge >= 0.3 is 6.09 Å². The Morgan fingerprint density at radius 1 is 1.88 bits per heavy atom. The molecule has 0 fully saturated rings. The third-order valence-corrected chi connectivity index (χ3v) is 0.598. The van der Waals surface area contributed by atoms with Gasteiger partial charge in [-0.1, -0.05) is 0 Å². The Morgan fingerprint density at radius 2 is 2.38 bits per heavy atom. The van der Waals surface area contributed by atoms with Crippen LogP contribution in [-0.4, -0.2) is 25.2 Å². The molecule has 0 spiro atoms. The number of carbonyl (C=O) groups is 1. The van der Waals surface area contributed by atoms with Crippen molar-refractivity contribution < 1.29 is 9.53 Å². The van der Waals surface area contributed by atoms with E-state index in [1.54, 1.807) is 6.19 Å². The standard InChI is InChI=1S/C4H6N2O2/c1-6(3-5)4(7)8-2/h1-2H3. The van der Waals surface area contributed by atoms with Crippen LogP contribution < -0.4 is 0 Å². The molecule has 0 atom stereocenters. The molecule has 0 aromatic heterocycles. The fraction of sp³-hybridized carbons (Fsp3) is 0.500. The third-order valence-electron chi connectivity index (χ3n) is 0.598. The third kappa shape index (κ3) is 1.47. The highest BCUT2D eigenvalue weighted by Crippen LogP contribution is 1.81. The van der Waals surface area contributed by atoms with Crippen molar-refractivity contribution in [2.75, 3.05) is 14.2 Å². The molecule has 1 amide bonds. The molecular formula is C4H6N2O2. The first-order chi connectivity index (χ1) is 3.72. The Labute approximate surface area is 47.3 Å². The second-order valence-electron chi connectivity index (χ2n) is 1.13. The Hall–Kier alpha value is -1.24. The summed E-state index contributed by atoms with van der Waals surface area (Å²) in [5, 5.41) is 8.01. The normalized spacial score (nSPS) is 7.12. The lowest BCUT2D eigenvalue weighted by atomic mass is 10.9. The average Bonchev–Trinajstić information content (AvgIpc) is 1.84. The smallest absolute Gasteiger partial charge is 0.422 e. The van der Waals surface area contributed by atoms with Crippen molar-refractivity contribution in [3.8, 4) is 6.19 Å². The van der Waals surface area contributed by atoms with E-state index in [1.807, 2.05) is 0 Å². The summed E-state index contributed by atoms with van der Waals surface area (Å²) in [6, 6.07) is 0. The van der Waals surface area contributed by atoms with Gasteiger partial charge < -0.3 is 4.74 Å². The van der Waals surface area contributed by atoms with Crippen LogP contribution in [0.4, 0.5) is 4.79 Å². The molecule has 0 aromatic carbocycles. The molecule has 0 rings (SSSR count). The van der Waals surface area contributed by atoms with Crippen LogP contribution in [0.2, 0.25) is 0 Å². The molecule has 44 valence electrons. The first-order valence-electron chi connectivity index (χ1n) is 1.93. The highest BCUT2D eigenvalue weighted by atomic mass is 16.5. The number of nitrogens with zero attached hydrogens (tertiary/aromatic N) is 2. The molecule has 4 heteroatoms. The summed E-state index contributed by atoms with van der Waals surface area (Å²) in [6.07, 6.45) is 0.929.